The molecule has 0 N–H and O–H groups in total. The number of aryl methyl sites for hydroxylation is 1. The number of benzene rings is 2. The van der Waals surface area contributed by atoms with E-state index in [9.17, 15) is 32.9 Å². The van der Waals surface area contributed by atoms with Crippen molar-refractivity contribution in [3.05, 3.63) is 118 Å². The first-order valence-electron chi connectivity index (χ1n) is 12.3. The van der Waals surface area contributed by atoms with Crippen LogP contribution in [-0.2, 0) is 9.53 Å². The van der Waals surface area contributed by atoms with Crippen LogP contribution in [-0.4, -0.2) is 28.2 Å². The molecule has 1 atom stereocenters. The third kappa shape index (κ3) is 5.40. The molecule has 0 saturated heterocycles. The van der Waals surface area contributed by atoms with Gasteiger partial charge in [-0.1, -0.05) is 41.1 Å². The molecule has 0 bridgehead atoms. The summed E-state index contributed by atoms with van der Waals surface area (Å²) in [5, 5.41) is 11.9. The zero-order valence-electron chi connectivity index (χ0n) is 21.8. The number of aromatic nitrogens is 1. The van der Waals surface area contributed by atoms with E-state index in [4.69, 9.17) is 20.8 Å². The summed E-state index contributed by atoms with van der Waals surface area (Å²) in [5.41, 5.74) is -2.15. The van der Waals surface area contributed by atoms with Gasteiger partial charge in [0.2, 0.25) is 0 Å². The van der Waals surface area contributed by atoms with Gasteiger partial charge in [-0.05, 0) is 55.3 Å². The number of rotatable bonds is 6. The number of carbonyl (C=O) groups is 1. The highest BCUT2D eigenvalue weighted by atomic mass is 35.5. The lowest BCUT2D eigenvalue weighted by Crippen LogP contribution is -2.41. The summed E-state index contributed by atoms with van der Waals surface area (Å²) in [4.78, 5) is 41.0. The zero-order chi connectivity index (χ0) is 30.3. The average molecular weight is 618 g/mol. The van der Waals surface area contributed by atoms with Gasteiger partial charge in [0.05, 0.1) is 33.2 Å². The predicted octanol–water partition coefficient (Wildman–Crippen LogP) is 5.47. The monoisotopic (exact) mass is 617 g/mol. The number of carbonyl (C=O) groups excluding carboxylic acids is 1. The summed E-state index contributed by atoms with van der Waals surface area (Å²) in [5.74, 6) is -0.990. The molecule has 3 heterocycles. The molecule has 14 heteroatoms. The van der Waals surface area contributed by atoms with E-state index in [1.165, 1.54) is 61.5 Å². The molecule has 0 fully saturated rings. The van der Waals surface area contributed by atoms with Gasteiger partial charge in [-0.15, -0.1) is 0 Å². The quantitative estimate of drug-likeness (QED) is 0.161. The lowest BCUT2D eigenvalue weighted by atomic mass is 9.95. The minimum Gasteiger partial charge on any atom is -0.463 e. The molecule has 1 aliphatic heterocycles. The second-order valence-electron chi connectivity index (χ2n) is 9.09. The molecule has 5 rings (SSSR count). The number of nitrogens with zero attached hydrogens (tertiary/aromatic N) is 3. The Kier molecular flexibility index (Phi) is 7.64. The number of nitro groups is 1. The molecule has 1 aliphatic rings. The molecule has 2 aromatic carbocycles. The lowest BCUT2D eigenvalue weighted by Gasteiger charge is -2.26. The molecule has 4 aromatic rings. The number of nitro benzene ring substituents is 1. The summed E-state index contributed by atoms with van der Waals surface area (Å²) < 4.78 is 54.4. The van der Waals surface area contributed by atoms with E-state index >= 15 is 0 Å². The summed E-state index contributed by atoms with van der Waals surface area (Å²) in [7, 11) is 0. The molecule has 0 aliphatic carbocycles. The van der Waals surface area contributed by atoms with Crippen molar-refractivity contribution in [2.45, 2.75) is 26.1 Å². The van der Waals surface area contributed by atoms with Crippen LogP contribution in [0.5, 0.6) is 0 Å². The minimum absolute atomic E-state index is 0.0429. The van der Waals surface area contributed by atoms with Gasteiger partial charge in [-0.3, -0.25) is 19.5 Å². The number of furan rings is 1. The van der Waals surface area contributed by atoms with E-state index in [0.29, 0.717) is 21.9 Å². The van der Waals surface area contributed by atoms with Gasteiger partial charge in [0.15, 0.2) is 10.5 Å². The molecule has 0 amide bonds. The average Bonchev–Trinajstić information content (AvgIpc) is 3.52. The largest absolute Gasteiger partial charge is 0.463 e. The van der Waals surface area contributed by atoms with Crippen molar-refractivity contribution in [3.8, 4) is 11.3 Å². The van der Waals surface area contributed by atoms with Crippen LogP contribution in [0.1, 0.15) is 29.9 Å². The fraction of sp³-hybridized carbons (Fsp3) is 0.179. The van der Waals surface area contributed by atoms with Crippen molar-refractivity contribution in [2.75, 3.05) is 6.61 Å². The van der Waals surface area contributed by atoms with E-state index < -0.39 is 39.9 Å². The standard InChI is InChI=1S/C28H19ClF3N3O6S/c1-3-40-26(37)22-23(15-5-7-16(29)8-6-15)34-25(36)21(42-27(34)33-24(22)28(30,31)32)13-17-9-11-20(41-17)18-10-4-14(2)12-19(18)35(38)39/h4-13,23H,3H2,1-2H3/b21-13-/t23-/m0/s1. The first-order valence-corrected chi connectivity index (χ1v) is 13.5. The van der Waals surface area contributed by atoms with Crippen molar-refractivity contribution >= 4 is 40.7 Å². The second-order valence-corrected chi connectivity index (χ2v) is 10.5. The third-order valence-corrected chi connectivity index (χ3v) is 7.53. The van der Waals surface area contributed by atoms with Gasteiger partial charge in [-0.25, -0.2) is 9.79 Å². The van der Waals surface area contributed by atoms with Crippen LogP contribution in [0, 0.1) is 17.0 Å². The van der Waals surface area contributed by atoms with Gasteiger partial charge in [-0.2, -0.15) is 13.2 Å². The molecular formula is C28H19ClF3N3O6S. The Balaban J connectivity index is 1.70. The molecule has 9 nitrogen and oxygen atoms in total. The first kappa shape index (κ1) is 29.0. The van der Waals surface area contributed by atoms with E-state index in [0.717, 1.165) is 4.57 Å². The molecule has 42 heavy (non-hydrogen) atoms. The highest BCUT2D eigenvalue weighted by molar-refractivity contribution is 7.07. The number of thiazole rings is 1. The van der Waals surface area contributed by atoms with E-state index in [1.807, 2.05) is 0 Å². The molecule has 0 unspecified atom stereocenters. The number of esters is 1. The number of halogens is 4. The van der Waals surface area contributed by atoms with Gasteiger partial charge < -0.3 is 9.15 Å². The van der Waals surface area contributed by atoms with E-state index in [-0.39, 0.29) is 44.3 Å². The van der Waals surface area contributed by atoms with Crippen LogP contribution in [0.2, 0.25) is 5.02 Å². The Hall–Kier alpha value is -4.49. The molecule has 0 saturated carbocycles. The Labute approximate surface area is 243 Å². The number of hydrogen-bond acceptors (Lipinski definition) is 8. The maximum Gasteiger partial charge on any atom is 0.434 e. The van der Waals surface area contributed by atoms with Crippen molar-refractivity contribution in [3.63, 3.8) is 0 Å². The molecule has 0 spiro atoms. The molecule has 0 radical (unpaired) electrons. The first-order chi connectivity index (χ1) is 19.9. The Bertz CT molecular complexity index is 1940. The number of fused-ring (bicyclic) bond motifs is 1. The maximum atomic E-state index is 14.2. The van der Waals surface area contributed by atoms with Crippen molar-refractivity contribution in [1.82, 2.24) is 4.57 Å². The number of allylic oxidation sites excluding steroid dienone is 1. The highest BCUT2D eigenvalue weighted by Crippen LogP contribution is 2.38. The zero-order valence-corrected chi connectivity index (χ0v) is 23.3. The fourth-order valence-electron chi connectivity index (χ4n) is 4.51. The SMILES string of the molecule is CCOC(=O)C1=C(C(F)(F)F)N=c2s/c(=C\c3ccc(-c4ccc(C)cc4[N+](=O)[O-])o3)c(=O)n2[C@H]1c1ccc(Cl)cc1. The summed E-state index contributed by atoms with van der Waals surface area (Å²) in [6.07, 6.45) is -3.74. The lowest BCUT2D eigenvalue weighted by molar-refractivity contribution is -0.384. The van der Waals surface area contributed by atoms with E-state index in [2.05, 4.69) is 4.99 Å². The summed E-state index contributed by atoms with van der Waals surface area (Å²) in [6, 6.07) is 11.7. The van der Waals surface area contributed by atoms with Crippen LogP contribution < -0.4 is 14.9 Å². The van der Waals surface area contributed by atoms with Crippen molar-refractivity contribution < 1.29 is 32.0 Å². The van der Waals surface area contributed by atoms with Crippen LogP contribution in [0.25, 0.3) is 17.4 Å². The van der Waals surface area contributed by atoms with Crippen LogP contribution in [0.4, 0.5) is 18.9 Å². The maximum absolute atomic E-state index is 14.2. The molecule has 216 valence electrons. The van der Waals surface area contributed by atoms with Crippen LogP contribution in [0.15, 0.2) is 80.1 Å². The second kappa shape index (κ2) is 11.1. The Morgan fingerprint density at radius 1 is 1.21 bits per heavy atom. The Morgan fingerprint density at radius 2 is 1.93 bits per heavy atom. The van der Waals surface area contributed by atoms with Gasteiger partial charge >= 0.3 is 12.1 Å². The Morgan fingerprint density at radius 3 is 2.57 bits per heavy atom. The molecule has 2 aromatic heterocycles. The topological polar surface area (TPSA) is 117 Å². The minimum atomic E-state index is -5.04. The van der Waals surface area contributed by atoms with Crippen LogP contribution in [0.3, 0.4) is 0 Å². The third-order valence-electron chi connectivity index (χ3n) is 6.30. The fourth-order valence-corrected chi connectivity index (χ4v) is 5.61. The number of alkyl halides is 3. The van der Waals surface area contributed by atoms with Gasteiger partial charge in [0.1, 0.15) is 11.5 Å². The number of hydrogen-bond donors (Lipinski definition) is 0. The smallest absolute Gasteiger partial charge is 0.434 e. The van der Waals surface area contributed by atoms with E-state index in [1.54, 1.807) is 13.0 Å². The normalized spacial score (nSPS) is 15.4. The summed E-state index contributed by atoms with van der Waals surface area (Å²) in [6.45, 7) is 2.95. The van der Waals surface area contributed by atoms with Crippen molar-refractivity contribution in [1.29, 1.82) is 0 Å². The van der Waals surface area contributed by atoms with Crippen molar-refractivity contribution in [2.24, 2.45) is 4.99 Å². The van der Waals surface area contributed by atoms with Gasteiger partial charge in [0.25, 0.3) is 11.2 Å². The predicted molar refractivity (Wildman–Crippen MR) is 148 cm³/mol. The highest BCUT2D eigenvalue weighted by Gasteiger charge is 2.45. The van der Waals surface area contributed by atoms with Crippen LogP contribution >= 0.6 is 22.9 Å². The summed E-state index contributed by atoms with van der Waals surface area (Å²) >= 11 is 6.65. The van der Waals surface area contributed by atoms with Gasteiger partial charge in [0, 0.05) is 17.2 Å². The number of ether oxygens (including phenoxy) is 1. The molecular weight excluding hydrogens is 599 g/mol.